The topological polar surface area (TPSA) is 81.1 Å². The van der Waals surface area contributed by atoms with Crippen LogP contribution in [0.25, 0.3) is 16.6 Å². The number of benzene rings is 3. The Morgan fingerprint density at radius 1 is 1.00 bits per heavy atom. The summed E-state index contributed by atoms with van der Waals surface area (Å²) >= 11 is 5.85. The molecular formula is C24H22ClN3O3S. The molecule has 0 aliphatic heterocycles. The predicted molar refractivity (Wildman–Crippen MR) is 127 cm³/mol. The third kappa shape index (κ3) is 4.46. The molecule has 0 atom stereocenters. The van der Waals surface area contributed by atoms with Crippen LogP contribution in [-0.2, 0) is 16.4 Å². The molecule has 1 N–H and O–H groups in total. The van der Waals surface area contributed by atoms with E-state index in [2.05, 4.69) is 4.72 Å². The van der Waals surface area contributed by atoms with Crippen LogP contribution in [0.5, 0.6) is 0 Å². The van der Waals surface area contributed by atoms with Gasteiger partial charge in [-0.25, -0.2) is 18.1 Å². The van der Waals surface area contributed by atoms with Gasteiger partial charge in [0, 0.05) is 18.0 Å². The average Bonchev–Trinajstić information content (AvgIpc) is 2.75. The van der Waals surface area contributed by atoms with Gasteiger partial charge in [-0.15, -0.1) is 0 Å². The number of hydrogen-bond donors (Lipinski definition) is 1. The molecule has 0 spiro atoms. The Labute approximate surface area is 191 Å². The standard InChI is InChI=1S/C24H22ClN3O3S/c1-16-7-12-22(17(2)15-16)28-23(27-21-6-4-3-5-20(21)24(28)29)13-14-26-32(30,31)19-10-8-18(25)9-11-19/h3-12,15,26H,13-14H2,1-2H3. The van der Waals surface area contributed by atoms with E-state index in [0.29, 0.717) is 21.7 Å². The van der Waals surface area contributed by atoms with E-state index in [-0.39, 0.29) is 23.4 Å². The van der Waals surface area contributed by atoms with Crippen molar-refractivity contribution >= 4 is 32.5 Å². The lowest BCUT2D eigenvalue weighted by molar-refractivity contribution is 0.580. The van der Waals surface area contributed by atoms with Crippen molar-refractivity contribution < 1.29 is 8.42 Å². The van der Waals surface area contributed by atoms with Crippen LogP contribution in [0, 0.1) is 13.8 Å². The largest absolute Gasteiger partial charge is 0.268 e. The van der Waals surface area contributed by atoms with Crippen molar-refractivity contribution in [3.05, 3.63) is 99.1 Å². The molecule has 1 aromatic heterocycles. The molecular weight excluding hydrogens is 446 g/mol. The second-order valence-corrected chi connectivity index (χ2v) is 9.78. The molecule has 0 bridgehead atoms. The fraction of sp³-hybridized carbons (Fsp3) is 0.167. The smallest absolute Gasteiger partial charge is 0.265 e. The second-order valence-electron chi connectivity index (χ2n) is 7.58. The van der Waals surface area contributed by atoms with E-state index in [4.69, 9.17) is 16.6 Å². The molecule has 4 rings (SSSR count). The van der Waals surface area contributed by atoms with Crippen LogP contribution in [-0.4, -0.2) is 24.5 Å². The van der Waals surface area contributed by atoms with E-state index in [1.165, 1.54) is 24.3 Å². The fourth-order valence-electron chi connectivity index (χ4n) is 3.65. The number of rotatable bonds is 6. The molecule has 3 aromatic carbocycles. The van der Waals surface area contributed by atoms with Crippen molar-refractivity contribution in [3.63, 3.8) is 0 Å². The van der Waals surface area contributed by atoms with Crippen LogP contribution < -0.4 is 10.3 Å². The minimum Gasteiger partial charge on any atom is -0.268 e. The number of fused-ring (bicyclic) bond motifs is 1. The fourth-order valence-corrected chi connectivity index (χ4v) is 4.80. The van der Waals surface area contributed by atoms with Crippen LogP contribution in [0.4, 0.5) is 0 Å². The molecule has 0 radical (unpaired) electrons. The van der Waals surface area contributed by atoms with Crippen LogP contribution in [0.1, 0.15) is 17.0 Å². The number of nitrogens with zero attached hydrogens (tertiary/aromatic N) is 2. The maximum atomic E-state index is 13.4. The molecule has 8 heteroatoms. The summed E-state index contributed by atoms with van der Waals surface area (Å²) in [5, 5.41) is 0.972. The number of aryl methyl sites for hydroxylation is 2. The zero-order valence-corrected chi connectivity index (χ0v) is 19.2. The Balaban J connectivity index is 1.71. The van der Waals surface area contributed by atoms with Crippen LogP contribution in [0.15, 0.2) is 76.4 Å². The van der Waals surface area contributed by atoms with E-state index >= 15 is 0 Å². The Hall–Kier alpha value is -3.00. The summed E-state index contributed by atoms with van der Waals surface area (Å²) in [5.74, 6) is 0.486. The highest BCUT2D eigenvalue weighted by Crippen LogP contribution is 2.19. The Bertz CT molecular complexity index is 1460. The van der Waals surface area contributed by atoms with E-state index in [0.717, 1.165) is 16.8 Å². The molecule has 0 amide bonds. The van der Waals surface area contributed by atoms with Gasteiger partial charge < -0.3 is 0 Å². The number of para-hydroxylation sites is 1. The summed E-state index contributed by atoms with van der Waals surface area (Å²) in [5.41, 5.74) is 3.15. The maximum Gasteiger partial charge on any atom is 0.265 e. The summed E-state index contributed by atoms with van der Waals surface area (Å²) < 4.78 is 29.4. The Morgan fingerprint density at radius 2 is 1.72 bits per heavy atom. The van der Waals surface area contributed by atoms with Crippen LogP contribution in [0.3, 0.4) is 0 Å². The molecule has 0 unspecified atom stereocenters. The van der Waals surface area contributed by atoms with Crippen molar-refractivity contribution in [1.29, 1.82) is 0 Å². The quantitative estimate of drug-likeness (QED) is 0.461. The van der Waals surface area contributed by atoms with Crippen molar-refractivity contribution in [1.82, 2.24) is 14.3 Å². The summed E-state index contributed by atoms with van der Waals surface area (Å²) in [7, 11) is -3.71. The molecule has 0 aliphatic rings. The normalized spacial score (nSPS) is 11.7. The van der Waals surface area contributed by atoms with Gasteiger partial charge in [0.05, 0.1) is 21.5 Å². The third-order valence-electron chi connectivity index (χ3n) is 5.20. The van der Waals surface area contributed by atoms with Crippen molar-refractivity contribution in [2.75, 3.05) is 6.54 Å². The number of halogens is 1. The summed E-state index contributed by atoms with van der Waals surface area (Å²) in [6, 6.07) is 18.9. The summed E-state index contributed by atoms with van der Waals surface area (Å²) in [6.07, 6.45) is 0.236. The monoisotopic (exact) mass is 467 g/mol. The molecule has 0 aliphatic carbocycles. The molecule has 0 fully saturated rings. The zero-order valence-electron chi connectivity index (χ0n) is 17.7. The zero-order chi connectivity index (χ0) is 22.9. The first-order valence-electron chi connectivity index (χ1n) is 10.1. The second kappa shape index (κ2) is 8.86. The van der Waals surface area contributed by atoms with Gasteiger partial charge in [-0.3, -0.25) is 9.36 Å². The lowest BCUT2D eigenvalue weighted by Crippen LogP contribution is -2.30. The summed E-state index contributed by atoms with van der Waals surface area (Å²) in [4.78, 5) is 18.2. The Morgan fingerprint density at radius 3 is 2.44 bits per heavy atom. The number of aromatic nitrogens is 2. The molecule has 164 valence electrons. The average molecular weight is 468 g/mol. The third-order valence-corrected chi connectivity index (χ3v) is 6.93. The molecule has 32 heavy (non-hydrogen) atoms. The Kier molecular flexibility index (Phi) is 6.15. The first-order chi connectivity index (χ1) is 15.3. The molecule has 0 saturated heterocycles. The lowest BCUT2D eigenvalue weighted by Gasteiger charge is -2.16. The van der Waals surface area contributed by atoms with Crippen molar-refractivity contribution in [3.8, 4) is 5.69 Å². The molecule has 6 nitrogen and oxygen atoms in total. The van der Waals surface area contributed by atoms with E-state index < -0.39 is 10.0 Å². The van der Waals surface area contributed by atoms with Crippen molar-refractivity contribution in [2.45, 2.75) is 25.2 Å². The number of hydrogen-bond acceptors (Lipinski definition) is 4. The number of sulfonamides is 1. The minimum atomic E-state index is -3.71. The van der Waals surface area contributed by atoms with Gasteiger partial charge in [0.2, 0.25) is 10.0 Å². The molecule has 0 saturated carbocycles. The van der Waals surface area contributed by atoms with Gasteiger partial charge in [0.25, 0.3) is 5.56 Å². The first-order valence-corrected chi connectivity index (χ1v) is 12.0. The van der Waals surface area contributed by atoms with Gasteiger partial charge in [0.15, 0.2) is 0 Å². The van der Waals surface area contributed by atoms with Crippen molar-refractivity contribution in [2.24, 2.45) is 0 Å². The van der Waals surface area contributed by atoms with Gasteiger partial charge in [-0.05, 0) is 61.9 Å². The highest BCUT2D eigenvalue weighted by Gasteiger charge is 2.17. The number of nitrogens with one attached hydrogen (secondary N) is 1. The maximum absolute atomic E-state index is 13.4. The molecule has 4 aromatic rings. The minimum absolute atomic E-state index is 0.0840. The first kappa shape index (κ1) is 22.2. The lowest BCUT2D eigenvalue weighted by atomic mass is 10.1. The van der Waals surface area contributed by atoms with Crippen LogP contribution >= 0.6 is 11.6 Å². The van der Waals surface area contributed by atoms with E-state index in [1.54, 1.807) is 22.8 Å². The van der Waals surface area contributed by atoms with E-state index in [1.807, 2.05) is 38.1 Å². The van der Waals surface area contributed by atoms with Gasteiger partial charge in [-0.2, -0.15) is 0 Å². The van der Waals surface area contributed by atoms with Gasteiger partial charge in [0.1, 0.15) is 5.82 Å². The summed E-state index contributed by atoms with van der Waals surface area (Å²) in [6.45, 7) is 4.02. The molecule has 1 heterocycles. The highest BCUT2D eigenvalue weighted by molar-refractivity contribution is 7.89. The predicted octanol–water partition coefficient (Wildman–Crippen LogP) is 4.18. The highest BCUT2D eigenvalue weighted by atomic mass is 35.5. The van der Waals surface area contributed by atoms with Gasteiger partial charge in [-0.1, -0.05) is 41.4 Å². The SMILES string of the molecule is Cc1ccc(-n2c(CCNS(=O)(=O)c3ccc(Cl)cc3)nc3ccccc3c2=O)c(C)c1. The van der Waals surface area contributed by atoms with Crippen LogP contribution in [0.2, 0.25) is 5.02 Å². The van der Waals surface area contributed by atoms with E-state index in [9.17, 15) is 13.2 Å². The van der Waals surface area contributed by atoms with Gasteiger partial charge >= 0.3 is 0 Å².